The Morgan fingerprint density at radius 1 is 1.35 bits per heavy atom. The largest absolute Gasteiger partial charge is 0.398 e. The van der Waals surface area contributed by atoms with Gasteiger partial charge < -0.3 is 5.73 Å². The lowest BCUT2D eigenvalue weighted by Crippen LogP contribution is -2.13. The first-order valence-corrected chi connectivity index (χ1v) is 6.15. The number of nitrogens with two attached hydrogens (primary N) is 1. The molecule has 4 heteroatoms. The van der Waals surface area contributed by atoms with Crippen LogP contribution in [0, 0.1) is 11.3 Å². The number of thiazole rings is 1. The maximum atomic E-state index is 9.07. The van der Waals surface area contributed by atoms with Gasteiger partial charge in [0.25, 0.3) is 0 Å². The normalized spacial score (nSPS) is 11.1. The molecule has 0 aliphatic carbocycles. The molecule has 0 atom stereocenters. The molecule has 0 saturated carbocycles. The van der Waals surface area contributed by atoms with E-state index in [2.05, 4.69) is 11.1 Å². The first-order chi connectivity index (χ1) is 8.04. The van der Waals surface area contributed by atoms with Crippen LogP contribution in [0.15, 0.2) is 29.6 Å². The first-order valence-electron chi connectivity index (χ1n) is 5.27. The van der Waals surface area contributed by atoms with E-state index in [1.54, 1.807) is 0 Å². The third kappa shape index (κ3) is 2.15. The third-order valence-corrected chi connectivity index (χ3v) is 3.72. The summed E-state index contributed by atoms with van der Waals surface area (Å²) in [5.41, 5.74) is 7.82. The van der Waals surface area contributed by atoms with Gasteiger partial charge in [-0.1, -0.05) is 18.2 Å². The lowest BCUT2D eigenvalue weighted by molar-refractivity contribution is 0.680. The summed E-state index contributed by atoms with van der Waals surface area (Å²) in [4.78, 5) is 4.50. The Labute approximate surface area is 105 Å². The lowest BCUT2D eigenvalue weighted by atomic mass is 9.97. The predicted molar refractivity (Wildman–Crippen MR) is 70.6 cm³/mol. The van der Waals surface area contributed by atoms with Gasteiger partial charge in [0, 0.05) is 16.6 Å². The maximum absolute atomic E-state index is 9.07. The van der Waals surface area contributed by atoms with E-state index < -0.39 is 5.41 Å². The molecule has 3 nitrogen and oxygen atoms in total. The average Bonchev–Trinajstić information content (AvgIpc) is 2.79. The fraction of sp³-hybridized carbons (Fsp3) is 0.231. The Morgan fingerprint density at radius 2 is 2.06 bits per heavy atom. The zero-order valence-corrected chi connectivity index (χ0v) is 10.6. The highest BCUT2D eigenvalue weighted by Gasteiger charge is 2.24. The van der Waals surface area contributed by atoms with Crippen LogP contribution in [0.3, 0.4) is 0 Å². The number of hydrogen-bond acceptors (Lipinski definition) is 4. The van der Waals surface area contributed by atoms with Crippen molar-refractivity contribution >= 4 is 17.0 Å². The molecule has 0 unspecified atom stereocenters. The molecule has 2 N–H and O–H groups in total. The van der Waals surface area contributed by atoms with Gasteiger partial charge in [0.1, 0.15) is 10.4 Å². The molecule has 1 aromatic carbocycles. The summed E-state index contributed by atoms with van der Waals surface area (Å²) in [6.45, 7) is 3.73. The standard InChI is InChI=1S/C13H13N3S/c1-13(2,8-14)12-16-11(7-17-12)9-5-3-4-6-10(9)15/h3-7H,15H2,1-2H3. The fourth-order valence-electron chi connectivity index (χ4n) is 1.46. The van der Waals surface area contributed by atoms with Crippen molar-refractivity contribution in [3.63, 3.8) is 0 Å². The minimum atomic E-state index is -0.549. The van der Waals surface area contributed by atoms with Crippen molar-refractivity contribution < 1.29 is 0 Å². The van der Waals surface area contributed by atoms with Crippen molar-refractivity contribution in [3.05, 3.63) is 34.7 Å². The molecular formula is C13H13N3S. The molecule has 17 heavy (non-hydrogen) atoms. The molecule has 0 spiro atoms. The summed E-state index contributed by atoms with van der Waals surface area (Å²) in [5.74, 6) is 0. The van der Waals surface area contributed by atoms with E-state index in [1.165, 1.54) is 11.3 Å². The van der Waals surface area contributed by atoms with Crippen LogP contribution in [0.1, 0.15) is 18.9 Å². The number of rotatable bonds is 2. The van der Waals surface area contributed by atoms with E-state index >= 15 is 0 Å². The van der Waals surface area contributed by atoms with Gasteiger partial charge in [0.15, 0.2) is 0 Å². The van der Waals surface area contributed by atoms with Crippen molar-refractivity contribution in [1.82, 2.24) is 4.98 Å². The SMILES string of the molecule is CC(C)(C#N)c1nc(-c2ccccc2N)cs1. The Hall–Kier alpha value is -1.86. The van der Waals surface area contributed by atoms with E-state index in [0.717, 1.165) is 16.3 Å². The van der Waals surface area contributed by atoms with Gasteiger partial charge in [0.05, 0.1) is 11.8 Å². The van der Waals surface area contributed by atoms with Crippen LogP contribution in [0.5, 0.6) is 0 Å². The molecule has 2 aromatic rings. The number of para-hydroxylation sites is 1. The van der Waals surface area contributed by atoms with Gasteiger partial charge in [-0.25, -0.2) is 4.98 Å². The molecule has 0 saturated heterocycles. The highest BCUT2D eigenvalue weighted by atomic mass is 32.1. The number of benzene rings is 1. The van der Waals surface area contributed by atoms with Crippen LogP contribution in [-0.2, 0) is 5.41 Å². The molecule has 0 bridgehead atoms. The van der Waals surface area contributed by atoms with Crippen molar-refractivity contribution in [2.45, 2.75) is 19.3 Å². The van der Waals surface area contributed by atoms with E-state index in [9.17, 15) is 0 Å². The van der Waals surface area contributed by atoms with Crippen LogP contribution in [0.4, 0.5) is 5.69 Å². The van der Waals surface area contributed by atoms with Crippen molar-refractivity contribution in [1.29, 1.82) is 5.26 Å². The second kappa shape index (κ2) is 4.19. The summed E-state index contributed by atoms with van der Waals surface area (Å²) in [7, 11) is 0. The number of nitrogens with zero attached hydrogens (tertiary/aromatic N) is 2. The Bertz CT molecular complexity index is 578. The summed E-state index contributed by atoms with van der Waals surface area (Å²) in [5, 5.41) is 11.8. The van der Waals surface area contributed by atoms with Crippen LogP contribution < -0.4 is 5.73 Å². The van der Waals surface area contributed by atoms with E-state index in [4.69, 9.17) is 11.0 Å². The van der Waals surface area contributed by atoms with Crippen molar-refractivity contribution in [3.8, 4) is 17.3 Å². The monoisotopic (exact) mass is 243 g/mol. The van der Waals surface area contributed by atoms with Gasteiger partial charge in [0.2, 0.25) is 0 Å². The summed E-state index contributed by atoms with van der Waals surface area (Å²) in [6.07, 6.45) is 0. The smallest absolute Gasteiger partial charge is 0.113 e. The van der Waals surface area contributed by atoms with Crippen molar-refractivity contribution in [2.24, 2.45) is 0 Å². The highest BCUT2D eigenvalue weighted by molar-refractivity contribution is 7.10. The number of anilines is 1. The zero-order chi connectivity index (χ0) is 12.5. The second-order valence-electron chi connectivity index (χ2n) is 4.36. The molecule has 0 amide bonds. The minimum absolute atomic E-state index is 0.549. The summed E-state index contributed by atoms with van der Waals surface area (Å²) >= 11 is 1.50. The fourth-order valence-corrected chi connectivity index (χ4v) is 2.36. The van der Waals surface area contributed by atoms with Gasteiger partial charge in [-0.2, -0.15) is 5.26 Å². The third-order valence-electron chi connectivity index (χ3n) is 2.56. The van der Waals surface area contributed by atoms with E-state index in [0.29, 0.717) is 5.69 Å². The Morgan fingerprint density at radius 3 is 2.71 bits per heavy atom. The highest BCUT2D eigenvalue weighted by Crippen LogP contribution is 2.31. The number of nitriles is 1. The number of hydrogen-bond donors (Lipinski definition) is 1. The van der Waals surface area contributed by atoms with Crippen LogP contribution in [-0.4, -0.2) is 4.98 Å². The van der Waals surface area contributed by atoms with E-state index in [-0.39, 0.29) is 0 Å². The number of aromatic nitrogens is 1. The summed E-state index contributed by atoms with van der Waals surface area (Å²) in [6, 6.07) is 9.87. The molecule has 0 fully saturated rings. The number of nitrogen functional groups attached to an aromatic ring is 1. The van der Waals surface area contributed by atoms with E-state index in [1.807, 2.05) is 43.5 Å². The molecule has 0 aliphatic heterocycles. The molecular weight excluding hydrogens is 230 g/mol. The second-order valence-corrected chi connectivity index (χ2v) is 5.22. The zero-order valence-electron chi connectivity index (χ0n) is 9.77. The predicted octanol–water partition coefficient (Wildman–Crippen LogP) is 3.19. The Balaban J connectivity index is 2.45. The van der Waals surface area contributed by atoms with Crippen LogP contribution in [0.2, 0.25) is 0 Å². The van der Waals surface area contributed by atoms with Gasteiger partial charge >= 0.3 is 0 Å². The Kier molecular flexibility index (Phi) is 2.86. The van der Waals surface area contributed by atoms with Gasteiger partial charge in [-0.15, -0.1) is 11.3 Å². The molecule has 1 aromatic heterocycles. The molecule has 0 radical (unpaired) electrons. The van der Waals surface area contributed by atoms with Crippen molar-refractivity contribution in [2.75, 3.05) is 5.73 Å². The van der Waals surface area contributed by atoms with Gasteiger partial charge in [-0.05, 0) is 19.9 Å². The maximum Gasteiger partial charge on any atom is 0.113 e. The minimum Gasteiger partial charge on any atom is -0.398 e. The first kappa shape index (κ1) is 11.6. The lowest BCUT2D eigenvalue weighted by Gasteiger charge is -2.10. The molecule has 2 rings (SSSR count). The summed E-state index contributed by atoms with van der Waals surface area (Å²) < 4.78 is 0. The topological polar surface area (TPSA) is 62.7 Å². The average molecular weight is 243 g/mol. The molecule has 1 heterocycles. The quantitative estimate of drug-likeness (QED) is 0.824. The molecule has 86 valence electrons. The van der Waals surface area contributed by atoms with Gasteiger partial charge in [-0.3, -0.25) is 0 Å². The molecule has 0 aliphatic rings. The van der Waals surface area contributed by atoms with Crippen LogP contribution in [0.25, 0.3) is 11.3 Å². The van der Waals surface area contributed by atoms with Crippen LogP contribution >= 0.6 is 11.3 Å².